The van der Waals surface area contributed by atoms with E-state index in [0.717, 1.165) is 19.3 Å². The van der Waals surface area contributed by atoms with E-state index in [1.165, 1.54) is 75.8 Å². The van der Waals surface area contributed by atoms with Gasteiger partial charge in [0.05, 0.1) is 12.8 Å². The van der Waals surface area contributed by atoms with Crippen molar-refractivity contribution in [3.63, 3.8) is 0 Å². The maximum Gasteiger partial charge on any atom is 0.259 e. The molecule has 0 aliphatic rings. The number of hydrogen-bond donors (Lipinski definition) is 4. The van der Waals surface area contributed by atoms with Crippen molar-refractivity contribution in [2.75, 3.05) is 6.54 Å². The summed E-state index contributed by atoms with van der Waals surface area (Å²) in [6.07, 6.45) is 15.2. The van der Waals surface area contributed by atoms with Crippen LogP contribution in [0.5, 0.6) is 11.5 Å². The van der Waals surface area contributed by atoms with Gasteiger partial charge in [0.15, 0.2) is 0 Å². The second kappa shape index (κ2) is 16.3. The van der Waals surface area contributed by atoms with Gasteiger partial charge < -0.3 is 15.5 Å². The zero-order chi connectivity index (χ0) is 22.0. The number of amides is 2. The first-order valence-corrected chi connectivity index (χ1v) is 11.1. The highest BCUT2D eigenvalue weighted by molar-refractivity contribution is 5.87. The summed E-state index contributed by atoms with van der Waals surface area (Å²) in [5, 5.41) is 25.1. The minimum absolute atomic E-state index is 0.0609. The summed E-state index contributed by atoms with van der Waals surface area (Å²) >= 11 is 0. The molecule has 0 saturated heterocycles. The predicted octanol–water partition coefficient (Wildman–Crippen LogP) is 4.37. The molecular formula is C23H37N3O4. The van der Waals surface area contributed by atoms with Crippen LogP contribution in [0, 0.1) is 0 Å². The van der Waals surface area contributed by atoms with Crippen molar-refractivity contribution in [2.45, 2.75) is 84.0 Å². The Balaban J connectivity index is 2.00. The molecule has 0 fully saturated rings. The van der Waals surface area contributed by atoms with Crippen LogP contribution in [-0.2, 0) is 9.59 Å². The summed E-state index contributed by atoms with van der Waals surface area (Å²) in [5.41, 5.74) is 2.64. The van der Waals surface area contributed by atoms with Crippen molar-refractivity contribution in [2.24, 2.45) is 5.10 Å². The Morgan fingerprint density at radius 3 is 2.10 bits per heavy atom. The van der Waals surface area contributed by atoms with Crippen LogP contribution >= 0.6 is 0 Å². The Bertz CT molecular complexity index is 662. The number of hydrazone groups is 1. The Labute approximate surface area is 180 Å². The lowest BCUT2D eigenvalue weighted by atomic mass is 10.1. The van der Waals surface area contributed by atoms with Gasteiger partial charge in [0.25, 0.3) is 5.91 Å². The van der Waals surface area contributed by atoms with E-state index in [4.69, 9.17) is 0 Å². The Morgan fingerprint density at radius 1 is 0.900 bits per heavy atom. The standard InChI is InChI=1S/C23H37N3O4/c1-2-3-4-5-6-7-8-9-10-11-12-13-22(29)24-18-23(30)26-25-17-19-14-15-20(27)16-21(19)28/h14-17,27-28H,2-13,18H2,1H3,(H,24,29)(H,26,30). The molecular weight excluding hydrogens is 382 g/mol. The Kier molecular flexibility index (Phi) is 13.8. The summed E-state index contributed by atoms with van der Waals surface area (Å²) in [4.78, 5) is 23.5. The van der Waals surface area contributed by atoms with Crippen LogP contribution in [-0.4, -0.2) is 34.8 Å². The highest BCUT2D eigenvalue weighted by Gasteiger charge is 2.05. The fraction of sp³-hybridized carbons (Fsp3) is 0.609. The summed E-state index contributed by atoms with van der Waals surface area (Å²) in [6.45, 7) is 2.09. The normalized spacial score (nSPS) is 11.0. The molecule has 0 aromatic heterocycles. The number of phenols is 2. The lowest BCUT2D eigenvalue weighted by molar-refractivity contribution is -0.126. The van der Waals surface area contributed by atoms with Gasteiger partial charge >= 0.3 is 0 Å². The summed E-state index contributed by atoms with van der Waals surface area (Å²) in [5.74, 6) is -0.791. The SMILES string of the molecule is CCCCCCCCCCCCCC(=O)NCC(=O)NN=Cc1ccc(O)cc1O. The lowest BCUT2D eigenvalue weighted by Crippen LogP contribution is -2.34. The van der Waals surface area contributed by atoms with Gasteiger partial charge in [0, 0.05) is 18.1 Å². The van der Waals surface area contributed by atoms with Crippen LogP contribution in [0.2, 0.25) is 0 Å². The van der Waals surface area contributed by atoms with E-state index in [2.05, 4.69) is 22.8 Å². The molecule has 0 atom stereocenters. The van der Waals surface area contributed by atoms with Gasteiger partial charge in [-0.1, -0.05) is 71.1 Å². The molecule has 2 amide bonds. The number of rotatable bonds is 16. The van der Waals surface area contributed by atoms with Crippen LogP contribution in [0.25, 0.3) is 0 Å². The first-order valence-electron chi connectivity index (χ1n) is 11.1. The van der Waals surface area contributed by atoms with Gasteiger partial charge in [-0.15, -0.1) is 0 Å². The largest absolute Gasteiger partial charge is 0.508 e. The number of carbonyl (C=O) groups excluding carboxylic acids is 2. The van der Waals surface area contributed by atoms with E-state index in [1.807, 2.05) is 0 Å². The van der Waals surface area contributed by atoms with Gasteiger partial charge in [0.1, 0.15) is 11.5 Å². The molecule has 0 heterocycles. The van der Waals surface area contributed by atoms with Crippen LogP contribution in [0.4, 0.5) is 0 Å². The van der Waals surface area contributed by atoms with Gasteiger partial charge in [-0.2, -0.15) is 5.10 Å². The average Bonchev–Trinajstić information content (AvgIpc) is 2.72. The number of hydrogen-bond acceptors (Lipinski definition) is 5. The average molecular weight is 420 g/mol. The highest BCUT2D eigenvalue weighted by Crippen LogP contribution is 2.20. The second-order valence-corrected chi connectivity index (χ2v) is 7.60. The minimum atomic E-state index is -0.447. The summed E-state index contributed by atoms with van der Waals surface area (Å²) < 4.78 is 0. The minimum Gasteiger partial charge on any atom is -0.508 e. The molecule has 0 spiro atoms. The molecule has 30 heavy (non-hydrogen) atoms. The number of nitrogens with zero attached hydrogens (tertiary/aromatic N) is 1. The molecule has 7 heteroatoms. The monoisotopic (exact) mass is 419 g/mol. The molecule has 0 aliphatic heterocycles. The fourth-order valence-corrected chi connectivity index (χ4v) is 3.07. The Morgan fingerprint density at radius 2 is 1.50 bits per heavy atom. The molecule has 4 N–H and O–H groups in total. The summed E-state index contributed by atoms with van der Waals surface area (Å²) in [6, 6.07) is 4.05. The van der Waals surface area contributed by atoms with Gasteiger partial charge in [0.2, 0.25) is 5.91 Å². The quantitative estimate of drug-likeness (QED) is 0.181. The second-order valence-electron chi connectivity index (χ2n) is 7.60. The molecule has 0 saturated carbocycles. The molecule has 1 aromatic carbocycles. The Hall–Kier alpha value is -2.57. The topological polar surface area (TPSA) is 111 Å². The summed E-state index contributed by atoms with van der Waals surface area (Å²) in [7, 11) is 0. The van der Waals surface area contributed by atoms with Crippen molar-refractivity contribution < 1.29 is 19.8 Å². The molecule has 1 rings (SSSR count). The van der Waals surface area contributed by atoms with Crippen molar-refractivity contribution >= 4 is 18.0 Å². The third-order valence-corrected chi connectivity index (χ3v) is 4.86. The first-order chi connectivity index (χ1) is 14.5. The van der Waals surface area contributed by atoms with Crippen LogP contribution in [0.1, 0.15) is 89.5 Å². The number of phenolic OH excluding ortho intramolecular Hbond substituents is 2. The van der Waals surface area contributed by atoms with Gasteiger partial charge in [-0.3, -0.25) is 9.59 Å². The molecule has 0 bridgehead atoms. The van der Waals surface area contributed by atoms with Crippen LogP contribution in [0.3, 0.4) is 0 Å². The lowest BCUT2D eigenvalue weighted by Gasteiger charge is -2.05. The van der Waals surface area contributed by atoms with Gasteiger partial charge in [-0.05, 0) is 18.6 Å². The van der Waals surface area contributed by atoms with E-state index >= 15 is 0 Å². The number of unbranched alkanes of at least 4 members (excludes halogenated alkanes) is 10. The van der Waals surface area contributed by atoms with Crippen molar-refractivity contribution in [1.29, 1.82) is 0 Å². The maximum atomic E-state index is 11.8. The van der Waals surface area contributed by atoms with Gasteiger partial charge in [-0.25, -0.2) is 5.43 Å². The molecule has 7 nitrogen and oxygen atoms in total. The third-order valence-electron chi connectivity index (χ3n) is 4.86. The highest BCUT2D eigenvalue weighted by atomic mass is 16.3. The molecule has 0 aliphatic carbocycles. The third kappa shape index (κ3) is 12.8. The van der Waals surface area contributed by atoms with Crippen molar-refractivity contribution in [1.82, 2.24) is 10.7 Å². The van der Waals surface area contributed by atoms with E-state index in [-0.39, 0.29) is 24.0 Å². The maximum absolute atomic E-state index is 11.8. The van der Waals surface area contributed by atoms with E-state index in [9.17, 15) is 19.8 Å². The van der Waals surface area contributed by atoms with Crippen molar-refractivity contribution in [3.8, 4) is 11.5 Å². The first kappa shape index (κ1) is 25.5. The fourth-order valence-electron chi connectivity index (χ4n) is 3.07. The number of benzene rings is 1. The zero-order valence-corrected chi connectivity index (χ0v) is 18.2. The molecule has 0 unspecified atom stereocenters. The number of nitrogens with one attached hydrogen (secondary N) is 2. The van der Waals surface area contributed by atoms with Crippen LogP contribution in [0.15, 0.2) is 23.3 Å². The zero-order valence-electron chi connectivity index (χ0n) is 18.2. The van der Waals surface area contributed by atoms with E-state index in [1.54, 1.807) is 0 Å². The van der Waals surface area contributed by atoms with Crippen LogP contribution < -0.4 is 10.7 Å². The molecule has 0 radical (unpaired) electrons. The van der Waals surface area contributed by atoms with Crippen molar-refractivity contribution in [3.05, 3.63) is 23.8 Å². The van der Waals surface area contributed by atoms with E-state index < -0.39 is 5.91 Å². The molecule has 168 valence electrons. The predicted molar refractivity (Wildman–Crippen MR) is 120 cm³/mol. The molecule has 1 aromatic rings. The number of carbonyl (C=O) groups is 2. The number of aromatic hydroxyl groups is 2. The van der Waals surface area contributed by atoms with E-state index in [0.29, 0.717) is 12.0 Å². The smallest absolute Gasteiger partial charge is 0.259 e.